The van der Waals surface area contributed by atoms with Crippen molar-refractivity contribution >= 4 is 40.9 Å². The molecule has 1 heterocycles. The molecule has 10 heteroatoms. The largest absolute Gasteiger partial charge is 0.497 e. The topological polar surface area (TPSA) is 98.1 Å². The summed E-state index contributed by atoms with van der Waals surface area (Å²) in [6, 6.07) is 12.1. The zero-order chi connectivity index (χ0) is 22.4. The Bertz CT molecular complexity index is 1090. The lowest BCUT2D eigenvalue weighted by Gasteiger charge is -2.09. The third-order valence-corrected chi connectivity index (χ3v) is 5.73. The van der Waals surface area contributed by atoms with Gasteiger partial charge in [-0.2, -0.15) is 0 Å². The fourth-order valence-corrected chi connectivity index (χ4v) is 3.67. The highest BCUT2D eigenvalue weighted by atomic mass is 35.5. The molecular weight excluding hydrogens is 438 g/mol. The molecule has 0 aliphatic carbocycles. The van der Waals surface area contributed by atoms with Crippen molar-refractivity contribution in [2.75, 3.05) is 18.2 Å². The molecule has 0 spiro atoms. The van der Waals surface area contributed by atoms with Crippen molar-refractivity contribution in [3.63, 3.8) is 0 Å². The normalized spacial score (nSPS) is 10.6. The maximum atomic E-state index is 12.3. The van der Waals surface area contributed by atoms with Gasteiger partial charge in [-0.1, -0.05) is 23.4 Å². The van der Waals surface area contributed by atoms with E-state index in [1.165, 1.54) is 11.8 Å². The highest BCUT2D eigenvalue weighted by Gasteiger charge is 2.14. The molecule has 0 aliphatic rings. The second kappa shape index (κ2) is 10.3. The van der Waals surface area contributed by atoms with Crippen molar-refractivity contribution in [3.05, 3.63) is 64.4 Å². The average molecular weight is 460 g/mol. The van der Waals surface area contributed by atoms with Crippen LogP contribution in [-0.2, 0) is 18.4 Å². The first kappa shape index (κ1) is 22.6. The van der Waals surface area contributed by atoms with E-state index in [9.17, 15) is 9.59 Å². The van der Waals surface area contributed by atoms with Crippen molar-refractivity contribution in [2.24, 2.45) is 7.05 Å². The van der Waals surface area contributed by atoms with Gasteiger partial charge in [-0.15, -0.1) is 10.2 Å². The van der Waals surface area contributed by atoms with Crippen molar-refractivity contribution in [2.45, 2.75) is 18.6 Å². The molecule has 0 atom stereocenters. The van der Waals surface area contributed by atoms with Crippen LogP contribution in [0.3, 0.4) is 0 Å². The van der Waals surface area contributed by atoms with Gasteiger partial charge in [0.2, 0.25) is 5.91 Å². The molecule has 162 valence electrons. The smallest absolute Gasteiger partial charge is 0.251 e. The third kappa shape index (κ3) is 5.99. The van der Waals surface area contributed by atoms with Crippen LogP contribution >= 0.6 is 23.4 Å². The quantitative estimate of drug-likeness (QED) is 0.501. The van der Waals surface area contributed by atoms with Crippen molar-refractivity contribution < 1.29 is 14.3 Å². The van der Waals surface area contributed by atoms with Gasteiger partial charge in [-0.05, 0) is 55.0 Å². The van der Waals surface area contributed by atoms with Crippen molar-refractivity contribution in [3.8, 4) is 5.75 Å². The molecule has 1 aromatic heterocycles. The minimum Gasteiger partial charge on any atom is -0.497 e. The molecule has 2 amide bonds. The van der Waals surface area contributed by atoms with Crippen LogP contribution in [0.5, 0.6) is 5.75 Å². The summed E-state index contributed by atoms with van der Waals surface area (Å²) in [5.74, 6) is 1.05. The van der Waals surface area contributed by atoms with E-state index in [4.69, 9.17) is 16.3 Å². The summed E-state index contributed by atoms with van der Waals surface area (Å²) in [5, 5.41) is 15.1. The number of methoxy groups -OCH3 is 1. The summed E-state index contributed by atoms with van der Waals surface area (Å²) in [7, 11) is 3.36. The Labute approximate surface area is 189 Å². The Kier molecular flexibility index (Phi) is 7.54. The SMILES string of the molecule is COc1ccc(C(=O)NCc2nnc(SCC(=O)Nc3ccc(Cl)cc3C)n2C)cc1. The van der Waals surface area contributed by atoms with Gasteiger partial charge in [0.25, 0.3) is 5.91 Å². The second-order valence-electron chi connectivity index (χ2n) is 6.67. The summed E-state index contributed by atoms with van der Waals surface area (Å²) in [6.45, 7) is 2.09. The van der Waals surface area contributed by atoms with Crippen molar-refractivity contribution in [1.82, 2.24) is 20.1 Å². The Morgan fingerprint density at radius 2 is 1.90 bits per heavy atom. The fraction of sp³-hybridized carbons (Fsp3) is 0.238. The standard InChI is InChI=1S/C21H22ClN5O3S/c1-13-10-15(22)6-9-17(13)24-19(28)12-31-21-26-25-18(27(21)2)11-23-20(29)14-4-7-16(30-3)8-5-14/h4-10H,11-12H2,1-3H3,(H,23,29)(H,24,28). The summed E-state index contributed by atoms with van der Waals surface area (Å²) in [4.78, 5) is 24.6. The van der Waals surface area contributed by atoms with Crippen LogP contribution in [0.25, 0.3) is 0 Å². The number of nitrogens with zero attached hydrogens (tertiary/aromatic N) is 3. The molecule has 0 aliphatic heterocycles. The molecule has 3 rings (SSSR count). The number of rotatable bonds is 8. The Balaban J connectivity index is 1.52. The first-order valence-corrected chi connectivity index (χ1v) is 10.7. The number of carbonyl (C=O) groups excluding carboxylic acids is 2. The molecule has 0 bridgehead atoms. The second-order valence-corrected chi connectivity index (χ2v) is 8.04. The Hall–Kier alpha value is -3.04. The van der Waals surface area contributed by atoms with Crippen LogP contribution < -0.4 is 15.4 Å². The van der Waals surface area contributed by atoms with Crippen LogP contribution in [0.4, 0.5) is 5.69 Å². The Morgan fingerprint density at radius 1 is 1.16 bits per heavy atom. The van der Waals surface area contributed by atoms with Gasteiger partial charge < -0.3 is 19.9 Å². The number of nitrogens with one attached hydrogen (secondary N) is 2. The van der Waals surface area contributed by atoms with Gasteiger partial charge in [0.15, 0.2) is 11.0 Å². The molecule has 8 nitrogen and oxygen atoms in total. The number of halogens is 1. The number of carbonyl (C=O) groups is 2. The first-order chi connectivity index (χ1) is 14.9. The predicted molar refractivity (Wildman–Crippen MR) is 121 cm³/mol. The monoisotopic (exact) mass is 459 g/mol. The zero-order valence-electron chi connectivity index (χ0n) is 17.3. The minimum absolute atomic E-state index is 0.159. The third-order valence-electron chi connectivity index (χ3n) is 4.48. The number of hydrogen-bond acceptors (Lipinski definition) is 6. The highest BCUT2D eigenvalue weighted by molar-refractivity contribution is 7.99. The molecule has 31 heavy (non-hydrogen) atoms. The van der Waals surface area contributed by atoms with Gasteiger partial charge in [-0.25, -0.2) is 0 Å². The van der Waals surface area contributed by atoms with Gasteiger partial charge in [0.1, 0.15) is 5.75 Å². The van der Waals surface area contributed by atoms with E-state index in [0.717, 1.165) is 11.3 Å². The van der Waals surface area contributed by atoms with E-state index in [2.05, 4.69) is 20.8 Å². The first-order valence-electron chi connectivity index (χ1n) is 9.36. The minimum atomic E-state index is -0.224. The molecule has 2 N–H and O–H groups in total. The lowest BCUT2D eigenvalue weighted by Crippen LogP contribution is -2.24. The fourth-order valence-electron chi connectivity index (χ4n) is 2.71. The van der Waals surface area contributed by atoms with Gasteiger partial charge in [0.05, 0.1) is 19.4 Å². The van der Waals surface area contributed by atoms with E-state index in [1.54, 1.807) is 61.2 Å². The molecule has 0 radical (unpaired) electrons. The summed E-state index contributed by atoms with van der Waals surface area (Å²) in [6.07, 6.45) is 0. The van der Waals surface area contributed by atoms with E-state index in [0.29, 0.717) is 27.3 Å². The summed E-state index contributed by atoms with van der Waals surface area (Å²) >= 11 is 7.20. The van der Waals surface area contributed by atoms with Gasteiger partial charge in [0, 0.05) is 23.3 Å². The predicted octanol–water partition coefficient (Wildman–Crippen LogP) is 3.45. The van der Waals surface area contributed by atoms with Crippen LogP contribution in [0.15, 0.2) is 47.6 Å². The van der Waals surface area contributed by atoms with E-state index in [1.807, 2.05) is 6.92 Å². The average Bonchev–Trinajstić information content (AvgIpc) is 3.12. The van der Waals surface area contributed by atoms with Gasteiger partial charge >= 0.3 is 0 Å². The molecule has 0 unspecified atom stereocenters. The highest BCUT2D eigenvalue weighted by Crippen LogP contribution is 2.21. The summed E-state index contributed by atoms with van der Waals surface area (Å²) < 4.78 is 6.84. The summed E-state index contributed by atoms with van der Waals surface area (Å²) in [5.41, 5.74) is 2.13. The number of amides is 2. The number of aryl methyl sites for hydroxylation is 1. The maximum absolute atomic E-state index is 12.3. The number of hydrogen-bond donors (Lipinski definition) is 2. The van der Waals surface area contributed by atoms with Crippen LogP contribution in [0.2, 0.25) is 5.02 Å². The Morgan fingerprint density at radius 3 is 2.58 bits per heavy atom. The zero-order valence-corrected chi connectivity index (χ0v) is 18.9. The number of aromatic nitrogens is 3. The molecule has 3 aromatic rings. The maximum Gasteiger partial charge on any atom is 0.251 e. The molecular formula is C21H22ClN5O3S. The van der Waals surface area contributed by atoms with E-state index in [-0.39, 0.29) is 24.1 Å². The molecule has 0 fully saturated rings. The molecule has 0 saturated heterocycles. The van der Waals surface area contributed by atoms with Crippen LogP contribution in [0, 0.1) is 6.92 Å². The van der Waals surface area contributed by atoms with Crippen LogP contribution in [0.1, 0.15) is 21.7 Å². The number of anilines is 1. The molecule has 2 aromatic carbocycles. The molecule has 0 saturated carbocycles. The number of ether oxygens (including phenoxy) is 1. The lowest BCUT2D eigenvalue weighted by molar-refractivity contribution is -0.113. The van der Waals surface area contributed by atoms with Crippen LogP contribution in [-0.4, -0.2) is 39.4 Å². The number of thioether (sulfide) groups is 1. The van der Waals surface area contributed by atoms with Gasteiger partial charge in [-0.3, -0.25) is 9.59 Å². The van der Waals surface area contributed by atoms with E-state index < -0.39 is 0 Å². The van der Waals surface area contributed by atoms with E-state index >= 15 is 0 Å². The lowest BCUT2D eigenvalue weighted by atomic mass is 10.2. The number of benzene rings is 2. The van der Waals surface area contributed by atoms with Crippen molar-refractivity contribution in [1.29, 1.82) is 0 Å².